The minimum atomic E-state index is -3.84. The van der Waals surface area contributed by atoms with E-state index < -0.39 is 10.1 Å². The summed E-state index contributed by atoms with van der Waals surface area (Å²) in [6, 6.07) is 9.96. The zero-order valence-corrected chi connectivity index (χ0v) is 10.6. The van der Waals surface area contributed by atoms with Crippen molar-refractivity contribution < 1.29 is 17.7 Å². The molecule has 0 saturated heterocycles. The second kappa shape index (κ2) is 6.97. The van der Waals surface area contributed by atoms with E-state index in [9.17, 15) is 8.42 Å². The normalized spacial score (nSPS) is 12.3. The standard InChI is InChI=1S/C10H15O4PS/c11-16(12,13)8-4-7-14-9-15-10-5-2-1-3-6-10/h1-3,5-6,15H,4,7-9H2,(H,11,12,13). The number of rotatable bonds is 7. The van der Waals surface area contributed by atoms with E-state index in [-0.39, 0.29) is 5.75 Å². The lowest BCUT2D eigenvalue weighted by atomic mass is 10.4. The summed E-state index contributed by atoms with van der Waals surface area (Å²) < 4.78 is 34.5. The lowest BCUT2D eigenvalue weighted by Gasteiger charge is -2.03. The van der Waals surface area contributed by atoms with Gasteiger partial charge >= 0.3 is 0 Å². The second-order valence-electron chi connectivity index (χ2n) is 3.23. The van der Waals surface area contributed by atoms with Gasteiger partial charge in [0.15, 0.2) is 0 Å². The lowest BCUT2D eigenvalue weighted by Crippen LogP contribution is -2.07. The van der Waals surface area contributed by atoms with Crippen molar-refractivity contribution in [2.24, 2.45) is 0 Å². The molecule has 1 N–H and O–H groups in total. The van der Waals surface area contributed by atoms with Gasteiger partial charge in [0.05, 0.1) is 12.1 Å². The summed E-state index contributed by atoms with van der Waals surface area (Å²) in [5.41, 5.74) is 0. The van der Waals surface area contributed by atoms with Crippen LogP contribution in [0, 0.1) is 0 Å². The Labute approximate surface area is 97.5 Å². The van der Waals surface area contributed by atoms with E-state index in [1.54, 1.807) is 0 Å². The van der Waals surface area contributed by atoms with Gasteiger partial charge in [-0.05, 0) is 11.7 Å². The molecule has 4 nitrogen and oxygen atoms in total. The molecule has 0 aliphatic rings. The summed E-state index contributed by atoms with van der Waals surface area (Å²) in [7, 11) is -3.27. The van der Waals surface area contributed by atoms with E-state index in [1.807, 2.05) is 30.3 Å². The van der Waals surface area contributed by atoms with Crippen LogP contribution in [0.2, 0.25) is 0 Å². The van der Waals surface area contributed by atoms with Crippen molar-refractivity contribution in [3.63, 3.8) is 0 Å². The molecule has 1 unspecified atom stereocenters. The first-order valence-corrected chi connectivity index (χ1v) is 7.71. The highest BCUT2D eigenvalue weighted by atomic mass is 32.2. The van der Waals surface area contributed by atoms with Crippen molar-refractivity contribution in [3.05, 3.63) is 30.3 Å². The molecule has 1 aromatic rings. The molecule has 90 valence electrons. The SMILES string of the molecule is O=S(=O)(O)CCCOCPc1ccccc1. The fourth-order valence-electron chi connectivity index (χ4n) is 1.11. The van der Waals surface area contributed by atoms with Crippen molar-refractivity contribution in [1.29, 1.82) is 0 Å². The minimum absolute atomic E-state index is 0.235. The van der Waals surface area contributed by atoms with Gasteiger partial charge in [-0.2, -0.15) is 8.42 Å². The Balaban J connectivity index is 2.05. The van der Waals surface area contributed by atoms with Crippen molar-refractivity contribution in [2.45, 2.75) is 6.42 Å². The van der Waals surface area contributed by atoms with Gasteiger partial charge < -0.3 is 4.74 Å². The summed E-state index contributed by atoms with van der Waals surface area (Å²) >= 11 is 0. The molecule has 6 heteroatoms. The van der Waals surface area contributed by atoms with Crippen molar-refractivity contribution in [2.75, 3.05) is 18.7 Å². The highest BCUT2D eigenvalue weighted by Gasteiger charge is 2.02. The molecule has 0 aliphatic heterocycles. The largest absolute Gasteiger partial charge is 0.377 e. The van der Waals surface area contributed by atoms with Gasteiger partial charge in [0.25, 0.3) is 10.1 Å². The monoisotopic (exact) mass is 262 g/mol. The molecule has 16 heavy (non-hydrogen) atoms. The average Bonchev–Trinajstić information content (AvgIpc) is 2.23. The van der Waals surface area contributed by atoms with Gasteiger partial charge in [0.1, 0.15) is 0 Å². The third-order valence-electron chi connectivity index (χ3n) is 1.84. The van der Waals surface area contributed by atoms with Gasteiger partial charge in [0.2, 0.25) is 0 Å². The molecular formula is C10H15O4PS. The Kier molecular flexibility index (Phi) is 5.91. The zero-order valence-electron chi connectivity index (χ0n) is 8.80. The van der Waals surface area contributed by atoms with Crippen LogP contribution in [0.5, 0.6) is 0 Å². The topological polar surface area (TPSA) is 63.6 Å². The molecule has 0 aromatic heterocycles. The summed E-state index contributed by atoms with van der Waals surface area (Å²) in [5.74, 6) is -0.235. The molecule has 0 spiro atoms. The summed E-state index contributed by atoms with van der Waals surface area (Å²) in [5, 5.41) is 1.22. The molecule has 0 bridgehead atoms. The molecule has 0 fully saturated rings. The predicted octanol–water partition coefficient (Wildman–Crippen LogP) is 1.24. The molecule has 1 atom stereocenters. The van der Waals surface area contributed by atoms with Crippen molar-refractivity contribution in [1.82, 2.24) is 0 Å². The maximum atomic E-state index is 10.4. The van der Waals surface area contributed by atoms with E-state index in [4.69, 9.17) is 9.29 Å². The van der Waals surface area contributed by atoms with Gasteiger partial charge in [-0.25, -0.2) is 0 Å². The molecular weight excluding hydrogens is 247 g/mol. The number of hydrogen-bond donors (Lipinski definition) is 1. The van der Waals surface area contributed by atoms with E-state index in [0.29, 0.717) is 28.0 Å². The Morgan fingerprint density at radius 1 is 1.25 bits per heavy atom. The Hall–Kier alpha value is -0.480. The van der Waals surface area contributed by atoms with Gasteiger partial charge in [-0.15, -0.1) is 0 Å². The number of hydrogen-bond acceptors (Lipinski definition) is 3. The lowest BCUT2D eigenvalue weighted by molar-refractivity contribution is 0.182. The Bertz CT molecular complexity index is 391. The van der Waals surface area contributed by atoms with Crippen LogP contribution < -0.4 is 5.30 Å². The quantitative estimate of drug-likeness (QED) is 0.456. The van der Waals surface area contributed by atoms with Crippen LogP contribution in [0.25, 0.3) is 0 Å². The Morgan fingerprint density at radius 3 is 2.56 bits per heavy atom. The number of ether oxygens (including phenoxy) is 1. The van der Waals surface area contributed by atoms with Gasteiger partial charge in [-0.1, -0.05) is 38.9 Å². The highest BCUT2D eigenvalue weighted by Crippen LogP contribution is 2.09. The summed E-state index contributed by atoms with van der Waals surface area (Å²) in [4.78, 5) is 0. The van der Waals surface area contributed by atoms with Crippen LogP contribution in [-0.4, -0.2) is 31.7 Å². The van der Waals surface area contributed by atoms with Crippen molar-refractivity contribution >= 4 is 24.0 Å². The fraction of sp³-hybridized carbons (Fsp3) is 0.400. The molecule has 0 aliphatic carbocycles. The first kappa shape index (κ1) is 13.6. The van der Waals surface area contributed by atoms with Crippen LogP contribution >= 0.6 is 8.58 Å². The zero-order chi connectivity index (χ0) is 11.9. The average molecular weight is 262 g/mol. The fourth-order valence-corrected chi connectivity index (χ4v) is 2.43. The van der Waals surface area contributed by atoms with Crippen molar-refractivity contribution in [3.8, 4) is 0 Å². The molecule has 0 amide bonds. The maximum absolute atomic E-state index is 10.4. The van der Waals surface area contributed by atoms with Crippen LogP contribution in [-0.2, 0) is 14.9 Å². The second-order valence-corrected chi connectivity index (χ2v) is 6.03. The maximum Gasteiger partial charge on any atom is 0.264 e. The third kappa shape index (κ3) is 6.90. The first-order valence-electron chi connectivity index (χ1n) is 4.90. The molecule has 1 rings (SSSR count). The van der Waals surface area contributed by atoms with Crippen LogP contribution in [0.15, 0.2) is 30.3 Å². The van der Waals surface area contributed by atoms with E-state index in [2.05, 4.69) is 0 Å². The van der Waals surface area contributed by atoms with E-state index in [1.165, 1.54) is 5.30 Å². The molecule has 0 heterocycles. The van der Waals surface area contributed by atoms with Gasteiger partial charge in [0, 0.05) is 6.61 Å². The van der Waals surface area contributed by atoms with Crippen LogP contribution in [0.4, 0.5) is 0 Å². The smallest absolute Gasteiger partial charge is 0.264 e. The van der Waals surface area contributed by atoms with E-state index in [0.717, 1.165) is 0 Å². The third-order valence-corrected chi connectivity index (χ3v) is 3.74. The van der Waals surface area contributed by atoms with Crippen LogP contribution in [0.3, 0.4) is 0 Å². The van der Waals surface area contributed by atoms with Crippen LogP contribution in [0.1, 0.15) is 6.42 Å². The molecule has 0 radical (unpaired) electrons. The highest BCUT2D eigenvalue weighted by molar-refractivity contribution is 7.85. The molecule has 1 aromatic carbocycles. The van der Waals surface area contributed by atoms with E-state index >= 15 is 0 Å². The van der Waals surface area contributed by atoms with Gasteiger partial charge in [-0.3, -0.25) is 4.55 Å². The summed E-state index contributed by atoms with van der Waals surface area (Å²) in [6.45, 7) is 0.361. The minimum Gasteiger partial charge on any atom is -0.377 e. The summed E-state index contributed by atoms with van der Waals surface area (Å²) in [6.07, 6.45) is 0.924. The predicted molar refractivity (Wildman–Crippen MR) is 66.2 cm³/mol. The first-order chi connectivity index (χ1) is 7.58. The molecule has 0 saturated carbocycles. The number of benzene rings is 1. The Morgan fingerprint density at radius 2 is 1.94 bits per heavy atom.